The van der Waals surface area contributed by atoms with E-state index in [1.807, 2.05) is 48.5 Å². The Balaban J connectivity index is 1.50. The number of hydrogen-bond donors (Lipinski definition) is 1. The lowest BCUT2D eigenvalue weighted by atomic mass is 10.1. The molecule has 2 aromatic carbocycles. The van der Waals surface area contributed by atoms with Crippen molar-refractivity contribution < 1.29 is 9.21 Å². The summed E-state index contributed by atoms with van der Waals surface area (Å²) in [6.07, 6.45) is 1.50. The minimum atomic E-state index is -0.265. The largest absolute Gasteiger partial charge is 0.440 e. The van der Waals surface area contributed by atoms with Crippen molar-refractivity contribution in [2.45, 2.75) is 24.5 Å². The molecule has 1 amide bonds. The van der Waals surface area contributed by atoms with Crippen molar-refractivity contribution in [2.75, 3.05) is 18.0 Å². The molecular formula is C23H24ClN3O2S. The van der Waals surface area contributed by atoms with E-state index in [1.165, 1.54) is 6.21 Å². The van der Waals surface area contributed by atoms with Gasteiger partial charge >= 0.3 is 0 Å². The Bertz CT molecular complexity index is 980. The van der Waals surface area contributed by atoms with Crippen molar-refractivity contribution in [3.63, 3.8) is 0 Å². The van der Waals surface area contributed by atoms with E-state index in [2.05, 4.69) is 29.3 Å². The van der Waals surface area contributed by atoms with Gasteiger partial charge in [0.2, 0.25) is 0 Å². The molecule has 0 radical (unpaired) electrons. The fourth-order valence-electron chi connectivity index (χ4n) is 2.79. The Morgan fingerprint density at radius 3 is 2.43 bits per heavy atom. The van der Waals surface area contributed by atoms with E-state index in [0.29, 0.717) is 11.3 Å². The van der Waals surface area contributed by atoms with Crippen LogP contribution in [0.1, 0.15) is 35.5 Å². The lowest BCUT2D eigenvalue weighted by Gasteiger charge is -2.16. The minimum absolute atomic E-state index is 0.265. The predicted molar refractivity (Wildman–Crippen MR) is 125 cm³/mol. The lowest BCUT2D eigenvalue weighted by molar-refractivity contribution is 0.0955. The average Bonchev–Trinajstić information content (AvgIpc) is 3.23. The summed E-state index contributed by atoms with van der Waals surface area (Å²) in [5, 5.41) is 4.73. The Morgan fingerprint density at radius 2 is 1.77 bits per heavy atom. The molecule has 156 valence electrons. The molecule has 0 aliphatic heterocycles. The molecule has 7 heteroatoms. The van der Waals surface area contributed by atoms with Crippen molar-refractivity contribution in [1.29, 1.82) is 0 Å². The van der Waals surface area contributed by atoms with Crippen LogP contribution in [0, 0.1) is 0 Å². The summed E-state index contributed by atoms with van der Waals surface area (Å²) in [6, 6.07) is 19.0. The molecule has 0 saturated carbocycles. The molecular weight excluding hydrogens is 418 g/mol. The van der Waals surface area contributed by atoms with E-state index >= 15 is 0 Å². The van der Waals surface area contributed by atoms with E-state index in [9.17, 15) is 4.79 Å². The molecule has 1 N–H and O–H groups in total. The molecule has 0 bridgehead atoms. The van der Waals surface area contributed by atoms with Crippen molar-refractivity contribution >= 4 is 41.4 Å². The highest BCUT2D eigenvalue weighted by atomic mass is 35.5. The molecule has 1 aromatic heterocycles. The smallest absolute Gasteiger partial charge is 0.271 e. The molecule has 0 aliphatic carbocycles. The highest BCUT2D eigenvalue weighted by Crippen LogP contribution is 2.24. The third-order valence-corrected chi connectivity index (χ3v) is 5.82. The normalized spacial score (nSPS) is 11.0. The first-order valence-electron chi connectivity index (χ1n) is 9.74. The number of rotatable bonds is 9. The highest BCUT2D eigenvalue weighted by molar-refractivity contribution is 7.98. The number of benzene rings is 2. The first-order chi connectivity index (χ1) is 14.6. The summed E-state index contributed by atoms with van der Waals surface area (Å²) < 4.78 is 5.72. The van der Waals surface area contributed by atoms with Crippen LogP contribution < -0.4 is 10.3 Å². The van der Waals surface area contributed by atoms with Gasteiger partial charge in [0, 0.05) is 40.4 Å². The maximum Gasteiger partial charge on any atom is 0.271 e. The van der Waals surface area contributed by atoms with Crippen LogP contribution in [0.5, 0.6) is 0 Å². The zero-order valence-electron chi connectivity index (χ0n) is 17.0. The Hall–Kier alpha value is -2.70. The van der Waals surface area contributed by atoms with Gasteiger partial charge in [-0.2, -0.15) is 5.10 Å². The third-order valence-electron chi connectivity index (χ3n) is 4.48. The number of nitrogens with one attached hydrogen (secondary N) is 1. The molecule has 30 heavy (non-hydrogen) atoms. The second-order valence-electron chi connectivity index (χ2n) is 6.49. The van der Waals surface area contributed by atoms with E-state index in [4.69, 9.17) is 16.0 Å². The van der Waals surface area contributed by atoms with Crippen LogP contribution in [0.25, 0.3) is 0 Å². The quantitative estimate of drug-likeness (QED) is 0.257. The van der Waals surface area contributed by atoms with Crippen LogP contribution >= 0.6 is 23.4 Å². The van der Waals surface area contributed by atoms with Gasteiger partial charge in [0.1, 0.15) is 5.76 Å². The van der Waals surface area contributed by atoms with Crippen LogP contribution in [0.15, 0.2) is 75.1 Å². The monoisotopic (exact) mass is 441 g/mol. The van der Waals surface area contributed by atoms with Crippen molar-refractivity contribution in [3.05, 3.63) is 82.6 Å². The first kappa shape index (κ1) is 22.0. The molecule has 0 fully saturated rings. The standard InChI is InChI=1S/C23H24ClN3O2S/c1-3-27(4-2)22-14-11-20(29-22)15-25-26-23(28)18-7-5-17(6-8-18)16-30-21-12-9-19(24)10-13-21/h5-15H,3-4,16H2,1-2H3,(H,26,28)/b25-15-. The van der Waals surface area contributed by atoms with Gasteiger partial charge in [0.05, 0.1) is 6.21 Å². The van der Waals surface area contributed by atoms with E-state index in [1.54, 1.807) is 23.9 Å². The van der Waals surface area contributed by atoms with Crippen molar-refractivity contribution in [3.8, 4) is 0 Å². The van der Waals surface area contributed by atoms with Crippen molar-refractivity contribution in [1.82, 2.24) is 5.43 Å². The molecule has 1 heterocycles. The molecule has 0 saturated heterocycles. The number of anilines is 1. The van der Waals surface area contributed by atoms with Crippen molar-refractivity contribution in [2.24, 2.45) is 5.10 Å². The first-order valence-corrected chi connectivity index (χ1v) is 11.1. The molecule has 0 atom stereocenters. The topological polar surface area (TPSA) is 57.8 Å². The number of carbonyl (C=O) groups excluding carboxylic acids is 1. The molecule has 0 unspecified atom stereocenters. The van der Waals surface area contributed by atoms with Crippen LogP contribution in [0.2, 0.25) is 5.02 Å². The summed E-state index contributed by atoms with van der Waals surface area (Å²) in [5.74, 6) is 1.93. The highest BCUT2D eigenvalue weighted by Gasteiger charge is 2.07. The zero-order valence-corrected chi connectivity index (χ0v) is 18.5. The van der Waals surface area contributed by atoms with Gasteiger partial charge in [-0.15, -0.1) is 11.8 Å². The van der Waals surface area contributed by atoms with Gasteiger partial charge < -0.3 is 9.32 Å². The zero-order chi connectivity index (χ0) is 21.3. The Labute approximate surface area is 186 Å². The van der Waals surface area contributed by atoms with Gasteiger partial charge in [-0.3, -0.25) is 4.79 Å². The number of thioether (sulfide) groups is 1. The van der Waals surface area contributed by atoms with Gasteiger partial charge in [0.25, 0.3) is 5.91 Å². The number of carbonyl (C=O) groups is 1. The average molecular weight is 442 g/mol. The number of furan rings is 1. The molecule has 0 spiro atoms. The number of nitrogens with zero attached hydrogens (tertiary/aromatic N) is 2. The Kier molecular flexibility index (Phi) is 7.99. The summed E-state index contributed by atoms with van der Waals surface area (Å²) >= 11 is 7.63. The third kappa shape index (κ3) is 6.15. The van der Waals surface area contributed by atoms with E-state index in [-0.39, 0.29) is 5.91 Å². The maximum absolute atomic E-state index is 12.3. The van der Waals surface area contributed by atoms with Gasteiger partial charge in [0.15, 0.2) is 5.88 Å². The fourth-order valence-corrected chi connectivity index (χ4v) is 3.77. The SMILES string of the molecule is CCN(CC)c1ccc(/C=N\NC(=O)c2ccc(CSc3ccc(Cl)cc3)cc2)o1. The maximum atomic E-state index is 12.3. The summed E-state index contributed by atoms with van der Waals surface area (Å²) in [6.45, 7) is 5.88. The molecule has 3 rings (SSSR count). The summed E-state index contributed by atoms with van der Waals surface area (Å²) in [4.78, 5) is 15.5. The van der Waals surface area contributed by atoms with Gasteiger partial charge in [-0.05, 0) is 61.9 Å². The molecule has 0 aliphatic rings. The Morgan fingerprint density at radius 1 is 1.07 bits per heavy atom. The van der Waals surface area contributed by atoms with Crippen LogP contribution in [-0.4, -0.2) is 25.2 Å². The van der Waals surface area contributed by atoms with E-state index in [0.717, 1.165) is 40.2 Å². The number of hydrazone groups is 1. The molecule has 3 aromatic rings. The lowest BCUT2D eigenvalue weighted by Crippen LogP contribution is -2.20. The van der Waals surface area contributed by atoms with E-state index < -0.39 is 0 Å². The summed E-state index contributed by atoms with van der Waals surface area (Å²) in [7, 11) is 0. The molecule has 5 nitrogen and oxygen atoms in total. The minimum Gasteiger partial charge on any atom is -0.440 e. The van der Waals surface area contributed by atoms with Crippen LogP contribution in [-0.2, 0) is 5.75 Å². The number of halogens is 1. The fraction of sp³-hybridized carbons (Fsp3) is 0.217. The van der Waals surface area contributed by atoms with Crippen LogP contribution in [0.4, 0.5) is 5.88 Å². The number of amides is 1. The van der Waals surface area contributed by atoms with Crippen LogP contribution in [0.3, 0.4) is 0 Å². The predicted octanol–water partition coefficient (Wildman–Crippen LogP) is 5.84. The van der Waals surface area contributed by atoms with Gasteiger partial charge in [-0.1, -0.05) is 23.7 Å². The second kappa shape index (κ2) is 10.9. The summed E-state index contributed by atoms with van der Waals surface area (Å²) in [5.41, 5.74) is 4.22. The van der Waals surface area contributed by atoms with Gasteiger partial charge in [-0.25, -0.2) is 5.43 Å². The number of hydrogen-bond acceptors (Lipinski definition) is 5. The second-order valence-corrected chi connectivity index (χ2v) is 7.97.